The lowest BCUT2D eigenvalue weighted by atomic mass is 9.77. The van der Waals surface area contributed by atoms with E-state index in [-0.39, 0.29) is 24.2 Å². The molecular formula is C10H17NO3. The number of rotatable bonds is 3. The van der Waals surface area contributed by atoms with Crippen molar-refractivity contribution in [2.24, 2.45) is 0 Å². The van der Waals surface area contributed by atoms with Crippen LogP contribution >= 0.6 is 0 Å². The predicted molar refractivity (Wildman–Crippen MR) is 50.8 cm³/mol. The number of aliphatic hydroxyl groups excluding tert-OH is 1. The van der Waals surface area contributed by atoms with Gasteiger partial charge in [0.15, 0.2) is 0 Å². The Balaban J connectivity index is 1.86. The van der Waals surface area contributed by atoms with Gasteiger partial charge in [0.2, 0.25) is 5.91 Å². The number of ether oxygens (including phenoxy) is 1. The lowest BCUT2D eigenvalue weighted by molar-refractivity contribution is -0.134. The highest BCUT2D eigenvalue weighted by Gasteiger charge is 2.39. The second-order valence-corrected chi connectivity index (χ2v) is 4.28. The fraction of sp³-hybridized carbons (Fsp3) is 0.900. The minimum Gasteiger partial charge on any atom is -0.394 e. The van der Waals surface area contributed by atoms with Crippen molar-refractivity contribution < 1.29 is 14.6 Å². The van der Waals surface area contributed by atoms with Gasteiger partial charge >= 0.3 is 0 Å². The fourth-order valence-electron chi connectivity index (χ4n) is 2.05. The van der Waals surface area contributed by atoms with E-state index in [4.69, 9.17) is 4.74 Å². The maximum Gasteiger partial charge on any atom is 0.249 e. The second-order valence-electron chi connectivity index (χ2n) is 4.28. The molecule has 4 nitrogen and oxygen atoms in total. The van der Waals surface area contributed by atoms with Crippen molar-refractivity contribution >= 4 is 5.91 Å². The van der Waals surface area contributed by atoms with Crippen LogP contribution in [0.15, 0.2) is 0 Å². The summed E-state index contributed by atoms with van der Waals surface area (Å²) in [5.74, 6) is -0.0451. The summed E-state index contributed by atoms with van der Waals surface area (Å²) in [6.45, 7) is 0.732. The van der Waals surface area contributed by atoms with Crippen LogP contribution in [0.2, 0.25) is 0 Å². The van der Waals surface area contributed by atoms with Gasteiger partial charge in [-0.3, -0.25) is 4.79 Å². The zero-order chi connectivity index (χ0) is 10.0. The third-order valence-electron chi connectivity index (χ3n) is 3.22. The molecule has 0 aromatic carbocycles. The Kier molecular flexibility index (Phi) is 2.74. The standard InChI is InChI=1S/C10H17NO3/c12-7-10(4-2-5-10)11-9(13)8-3-1-6-14-8/h8,12H,1-7H2,(H,11,13)/t8-/m1/s1. The van der Waals surface area contributed by atoms with Gasteiger partial charge in [0.05, 0.1) is 12.1 Å². The molecule has 14 heavy (non-hydrogen) atoms. The quantitative estimate of drug-likeness (QED) is 0.682. The van der Waals surface area contributed by atoms with Gasteiger partial charge in [0.25, 0.3) is 0 Å². The molecule has 0 aromatic rings. The van der Waals surface area contributed by atoms with E-state index in [9.17, 15) is 9.90 Å². The second kappa shape index (κ2) is 3.87. The average Bonchev–Trinajstić information content (AvgIpc) is 2.63. The molecule has 0 radical (unpaired) electrons. The summed E-state index contributed by atoms with van der Waals surface area (Å²) in [7, 11) is 0. The van der Waals surface area contributed by atoms with Gasteiger partial charge in [-0.1, -0.05) is 0 Å². The largest absolute Gasteiger partial charge is 0.394 e. The average molecular weight is 199 g/mol. The first-order chi connectivity index (χ1) is 6.76. The van der Waals surface area contributed by atoms with Gasteiger partial charge in [-0.15, -0.1) is 0 Å². The SMILES string of the molecule is O=C(NC1(CO)CCC1)[C@H]1CCCO1. The highest BCUT2D eigenvalue weighted by molar-refractivity contribution is 5.81. The van der Waals surface area contributed by atoms with Gasteiger partial charge in [-0.05, 0) is 32.1 Å². The molecule has 1 aliphatic carbocycles. The van der Waals surface area contributed by atoms with Crippen LogP contribution in [-0.4, -0.2) is 35.9 Å². The molecule has 0 unspecified atom stereocenters. The van der Waals surface area contributed by atoms with Crippen molar-refractivity contribution in [2.45, 2.75) is 43.7 Å². The van der Waals surface area contributed by atoms with E-state index in [1.807, 2.05) is 0 Å². The molecule has 2 aliphatic rings. The van der Waals surface area contributed by atoms with Crippen molar-refractivity contribution in [1.82, 2.24) is 5.32 Å². The van der Waals surface area contributed by atoms with Crippen molar-refractivity contribution in [3.63, 3.8) is 0 Å². The van der Waals surface area contributed by atoms with Crippen molar-refractivity contribution in [2.75, 3.05) is 13.2 Å². The van der Waals surface area contributed by atoms with Crippen LogP contribution < -0.4 is 5.32 Å². The molecule has 1 amide bonds. The first-order valence-electron chi connectivity index (χ1n) is 5.30. The van der Waals surface area contributed by atoms with Gasteiger partial charge in [0, 0.05) is 6.61 Å². The minimum atomic E-state index is -0.330. The molecule has 2 rings (SSSR count). The highest BCUT2D eigenvalue weighted by atomic mass is 16.5. The third-order valence-corrected chi connectivity index (χ3v) is 3.22. The zero-order valence-electron chi connectivity index (χ0n) is 8.29. The number of amides is 1. The Morgan fingerprint density at radius 2 is 2.29 bits per heavy atom. The van der Waals surface area contributed by atoms with Crippen molar-refractivity contribution in [3.05, 3.63) is 0 Å². The molecule has 1 saturated carbocycles. The van der Waals surface area contributed by atoms with Gasteiger partial charge in [-0.2, -0.15) is 0 Å². The van der Waals surface area contributed by atoms with E-state index in [2.05, 4.69) is 5.32 Å². The van der Waals surface area contributed by atoms with Gasteiger partial charge in [0.1, 0.15) is 6.10 Å². The maximum atomic E-state index is 11.7. The normalized spacial score (nSPS) is 29.6. The molecule has 0 aromatic heterocycles. The summed E-state index contributed by atoms with van der Waals surface area (Å²) in [6, 6.07) is 0. The summed E-state index contributed by atoms with van der Waals surface area (Å²) < 4.78 is 5.28. The van der Waals surface area contributed by atoms with E-state index in [1.54, 1.807) is 0 Å². The molecule has 80 valence electrons. The summed E-state index contributed by atoms with van der Waals surface area (Å²) in [4.78, 5) is 11.7. The van der Waals surface area contributed by atoms with Crippen LogP contribution in [0.25, 0.3) is 0 Å². The molecular weight excluding hydrogens is 182 g/mol. The molecule has 2 fully saturated rings. The van der Waals surface area contributed by atoms with Crippen LogP contribution in [0.3, 0.4) is 0 Å². The van der Waals surface area contributed by atoms with Crippen molar-refractivity contribution in [3.8, 4) is 0 Å². The number of hydrogen-bond donors (Lipinski definition) is 2. The molecule has 1 heterocycles. The topological polar surface area (TPSA) is 58.6 Å². The maximum absolute atomic E-state index is 11.7. The molecule has 2 N–H and O–H groups in total. The van der Waals surface area contributed by atoms with Crippen LogP contribution in [0.4, 0.5) is 0 Å². The Labute approximate surface area is 83.6 Å². The Hall–Kier alpha value is -0.610. The van der Waals surface area contributed by atoms with E-state index < -0.39 is 0 Å². The van der Waals surface area contributed by atoms with E-state index >= 15 is 0 Å². The predicted octanol–water partition coefficient (Wildman–Crippen LogP) is 0.197. The van der Waals surface area contributed by atoms with Crippen molar-refractivity contribution in [1.29, 1.82) is 0 Å². The molecule has 1 aliphatic heterocycles. The summed E-state index contributed by atoms with van der Waals surface area (Å²) >= 11 is 0. The third kappa shape index (κ3) is 1.77. The van der Waals surface area contributed by atoms with Crippen LogP contribution in [0.5, 0.6) is 0 Å². The molecule has 0 spiro atoms. The van der Waals surface area contributed by atoms with Crippen LogP contribution in [-0.2, 0) is 9.53 Å². The van der Waals surface area contributed by atoms with Gasteiger partial charge < -0.3 is 15.2 Å². The molecule has 4 heteroatoms. The number of hydrogen-bond acceptors (Lipinski definition) is 3. The number of carbonyl (C=O) groups is 1. The Bertz CT molecular complexity index is 214. The zero-order valence-corrected chi connectivity index (χ0v) is 8.29. The number of aliphatic hydroxyl groups is 1. The molecule has 0 bridgehead atoms. The summed E-state index contributed by atoms with van der Waals surface area (Å²) in [5.41, 5.74) is -0.330. The molecule has 1 saturated heterocycles. The number of carbonyl (C=O) groups excluding carboxylic acids is 1. The fourth-order valence-corrected chi connectivity index (χ4v) is 2.05. The van der Waals surface area contributed by atoms with E-state index in [0.717, 1.165) is 32.1 Å². The lowest BCUT2D eigenvalue weighted by Gasteiger charge is -2.41. The summed E-state index contributed by atoms with van der Waals surface area (Å²) in [6.07, 6.45) is 4.37. The Morgan fingerprint density at radius 1 is 1.50 bits per heavy atom. The Morgan fingerprint density at radius 3 is 2.71 bits per heavy atom. The highest BCUT2D eigenvalue weighted by Crippen LogP contribution is 2.31. The summed E-state index contributed by atoms with van der Waals surface area (Å²) in [5, 5.41) is 12.1. The number of nitrogens with one attached hydrogen (secondary N) is 1. The minimum absolute atomic E-state index is 0.0451. The van der Waals surface area contributed by atoms with E-state index in [1.165, 1.54) is 0 Å². The lowest BCUT2D eigenvalue weighted by Crippen LogP contribution is -2.58. The molecule has 1 atom stereocenters. The first-order valence-corrected chi connectivity index (χ1v) is 5.30. The smallest absolute Gasteiger partial charge is 0.249 e. The van der Waals surface area contributed by atoms with Gasteiger partial charge in [-0.25, -0.2) is 0 Å². The monoisotopic (exact) mass is 199 g/mol. The van der Waals surface area contributed by atoms with Crippen LogP contribution in [0.1, 0.15) is 32.1 Å². The van der Waals surface area contributed by atoms with Crippen LogP contribution in [0, 0.1) is 0 Å². The van der Waals surface area contributed by atoms with E-state index in [0.29, 0.717) is 6.61 Å². The first kappa shape index (κ1) is 9.93.